The first-order chi connectivity index (χ1) is 14.0. The Kier molecular flexibility index (Phi) is 6.71. The molecule has 0 spiro atoms. The number of benzene rings is 1. The van der Waals surface area contributed by atoms with E-state index in [0.717, 1.165) is 22.0 Å². The van der Waals surface area contributed by atoms with E-state index in [-0.39, 0.29) is 11.7 Å². The number of thiophene rings is 1. The SMILES string of the molecule is CCc1c(C)sc(NC(=O)CSc2nnc(C)n2-c2ccccc2)c1C(=O)OC. The Morgan fingerprint density at radius 2 is 1.93 bits per heavy atom. The normalized spacial score (nSPS) is 10.8. The van der Waals surface area contributed by atoms with Crippen molar-refractivity contribution in [2.24, 2.45) is 0 Å². The number of amides is 1. The molecule has 0 fully saturated rings. The van der Waals surface area contributed by atoms with E-state index in [0.29, 0.717) is 22.1 Å². The highest BCUT2D eigenvalue weighted by Gasteiger charge is 2.23. The first-order valence-electron chi connectivity index (χ1n) is 9.06. The van der Waals surface area contributed by atoms with Gasteiger partial charge in [0.1, 0.15) is 10.8 Å². The second-order valence-electron chi connectivity index (χ2n) is 6.22. The summed E-state index contributed by atoms with van der Waals surface area (Å²) < 4.78 is 6.81. The standard InChI is InChI=1S/C20H22N4O3S2/c1-5-15-12(2)29-18(17(15)19(26)27-4)21-16(25)11-28-20-23-22-13(3)24(20)14-9-7-6-8-10-14/h6-10H,5,11H2,1-4H3,(H,21,25). The quantitative estimate of drug-likeness (QED) is 0.450. The van der Waals surface area contributed by atoms with Crippen LogP contribution in [-0.4, -0.2) is 39.5 Å². The Morgan fingerprint density at radius 3 is 2.59 bits per heavy atom. The number of esters is 1. The number of aromatic nitrogens is 3. The second kappa shape index (κ2) is 9.23. The minimum absolute atomic E-state index is 0.143. The summed E-state index contributed by atoms with van der Waals surface area (Å²) in [6, 6.07) is 9.74. The molecule has 0 saturated heterocycles. The van der Waals surface area contributed by atoms with Crippen LogP contribution >= 0.6 is 23.1 Å². The number of nitrogens with one attached hydrogen (secondary N) is 1. The molecule has 29 heavy (non-hydrogen) atoms. The Morgan fingerprint density at radius 1 is 1.21 bits per heavy atom. The summed E-state index contributed by atoms with van der Waals surface area (Å²) in [4.78, 5) is 25.8. The fourth-order valence-electron chi connectivity index (χ4n) is 3.01. The lowest BCUT2D eigenvalue weighted by Crippen LogP contribution is -2.16. The van der Waals surface area contributed by atoms with Crippen LogP contribution in [0, 0.1) is 13.8 Å². The van der Waals surface area contributed by atoms with Gasteiger partial charge >= 0.3 is 5.97 Å². The zero-order valence-corrected chi connectivity index (χ0v) is 18.3. The molecule has 1 aromatic carbocycles. The topological polar surface area (TPSA) is 86.1 Å². The predicted octanol–water partition coefficient (Wildman–Crippen LogP) is 4.03. The molecular formula is C20H22N4O3S2. The van der Waals surface area contributed by atoms with Crippen LogP contribution in [0.15, 0.2) is 35.5 Å². The maximum atomic E-state index is 12.6. The monoisotopic (exact) mass is 430 g/mol. The zero-order valence-electron chi connectivity index (χ0n) is 16.7. The van der Waals surface area contributed by atoms with Crippen LogP contribution < -0.4 is 5.32 Å². The average Bonchev–Trinajstić information content (AvgIpc) is 3.25. The highest BCUT2D eigenvalue weighted by molar-refractivity contribution is 7.99. The Labute approximate surface area is 177 Å². The van der Waals surface area contributed by atoms with Gasteiger partial charge in [0.15, 0.2) is 5.16 Å². The number of hydrogen-bond donors (Lipinski definition) is 1. The van der Waals surface area contributed by atoms with Crippen molar-refractivity contribution in [2.75, 3.05) is 18.2 Å². The number of thioether (sulfide) groups is 1. The highest BCUT2D eigenvalue weighted by atomic mass is 32.2. The molecule has 9 heteroatoms. The van der Waals surface area contributed by atoms with E-state index in [9.17, 15) is 9.59 Å². The van der Waals surface area contributed by atoms with Crippen LogP contribution in [-0.2, 0) is 16.0 Å². The molecule has 152 valence electrons. The maximum Gasteiger partial charge on any atom is 0.341 e. The van der Waals surface area contributed by atoms with Gasteiger partial charge in [0.05, 0.1) is 18.4 Å². The summed E-state index contributed by atoms with van der Waals surface area (Å²) >= 11 is 2.68. The van der Waals surface area contributed by atoms with Gasteiger partial charge in [0.2, 0.25) is 5.91 Å². The van der Waals surface area contributed by atoms with Crippen molar-refractivity contribution in [3.63, 3.8) is 0 Å². The van der Waals surface area contributed by atoms with Gasteiger partial charge in [0, 0.05) is 10.6 Å². The Bertz CT molecular complexity index is 1030. The van der Waals surface area contributed by atoms with Crippen molar-refractivity contribution in [1.29, 1.82) is 0 Å². The molecule has 0 radical (unpaired) electrons. The number of rotatable bonds is 7. The Balaban J connectivity index is 1.75. The lowest BCUT2D eigenvalue weighted by atomic mass is 10.1. The highest BCUT2D eigenvalue weighted by Crippen LogP contribution is 2.34. The van der Waals surface area contributed by atoms with Crippen molar-refractivity contribution in [2.45, 2.75) is 32.3 Å². The van der Waals surface area contributed by atoms with Gasteiger partial charge < -0.3 is 10.1 Å². The lowest BCUT2D eigenvalue weighted by Gasteiger charge is -2.09. The van der Waals surface area contributed by atoms with Crippen molar-refractivity contribution in [1.82, 2.24) is 14.8 Å². The van der Waals surface area contributed by atoms with Crippen LogP contribution in [0.4, 0.5) is 5.00 Å². The summed E-state index contributed by atoms with van der Waals surface area (Å²) in [7, 11) is 1.34. The van der Waals surface area contributed by atoms with E-state index in [1.165, 1.54) is 30.2 Å². The van der Waals surface area contributed by atoms with E-state index >= 15 is 0 Å². The molecule has 0 aliphatic heterocycles. The van der Waals surface area contributed by atoms with Crippen LogP contribution in [0.2, 0.25) is 0 Å². The van der Waals surface area contributed by atoms with E-state index in [1.54, 1.807) is 0 Å². The molecule has 0 saturated carbocycles. The molecule has 3 aromatic rings. The number of ether oxygens (including phenoxy) is 1. The number of nitrogens with zero attached hydrogens (tertiary/aromatic N) is 3. The maximum absolute atomic E-state index is 12.6. The molecule has 2 heterocycles. The van der Waals surface area contributed by atoms with E-state index in [4.69, 9.17) is 4.74 Å². The number of anilines is 1. The molecule has 0 aliphatic rings. The van der Waals surface area contributed by atoms with Crippen LogP contribution in [0.25, 0.3) is 5.69 Å². The van der Waals surface area contributed by atoms with Gasteiger partial charge in [-0.1, -0.05) is 36.9 Å². The number of hydrogen-bond acceptors (Lipinski definition) is 7. The largest absolute Gasteiger partial charge is 0.465 e. The minimum Gasteiger partial charge on any atom is -0.465 e. The Hall–Kier alpha value is -2.65. The van der Waals surface area contributed by atoms with Gasteiger partial charge in [-0.3, -0.25) is 9.36 Å². The van der Waals surface area contributed by atoms with Gasteiger partial charge in [-0.15, -0.1) is 21.5 Å². The fraction of sp³-hybridized carbons (Fsp3) is 0.300. The summed E-state index contributed by atoms with van der Waals surface area (Å²) in [5.41, 5.74) is 2.29. The molecule has 3 rings (SSSR count). The van der Waals surface area contributed by atoms with Gasteiger partial charge in [-0.2, -0.15) is 0 Å². The second-order valence-corrected chi connectivity index (χ2v) is 8.39. The third-order valence-electron chi connectivity index (χ3n) is 4.35. The van der Waals surface area contributed by atoms with Gasteiger partial charge in [-0.25, -0.2) is 4.79 Å². The number of aryl methyl sites for hydroxylation is 2. The van der Waals surface area contributed by atoms with Crippen molar-refractivity contribution >= 4 is 40.0 Å². The fourth-order valence-corrected chi connectivity index (χ4v) is 4.96. The van der Waals surface area contributed by atoms with Crippen LogP contribution in [0.3, 0.4) is 0 Å². The lowest BCUT2D eigenvalue weighted by molar-refractivity contribution is -0.113. The zero-order chi connectivity index (χ0) is 21.0. The first-order valence-corrected chi connectivity index (χ1v) is 10.9. The van der Waals surface area contributed by atoms with Crippen LogP contribution in [0.5, 0.6) is 0 Å². The molecular weight excluding hydrogens is 408 g/mol. The predicted molar refractivity (Wildman–Crippen MR) is 115 cm³/mol. The van der Waals surface area contributed by atoms with Crippen LogP contribution in [0.1, 0.15) is 33.5 Å². The van der Waals surface area contributed by atoms with E-state index < -0.39 is 5.97 Å². The minimum atomic E-state index is -0.436. The summed E-state index contributed by atoms with van der Waals surface area (Å²) in [6.45, 7) is 5.78. The third kappa shape index (κ3) is 4.51. The third-order valence-corrected chi connectivity index (χ3v) is 6.34. The molecule has 0 aliphatic carbocycles. The van der Waals surface area contributed by atoms with Gasteiger partial charge in [-0.05, 0) is 38.0 Å². The molecule has 7 nitrogen and oxygen atoms in total. The van der Waals surface area contributed by atoms with E-state index in [2.05, 4.69) is 15.5 Å². The molecule has 0 bridgehead atoms. The summed E-state index contributed by atoms with van der Waals surface area (Å²) in [5, 5.41) is 12.3. The van der Waals surface area contributed by atoms with Crippen molar-refractivity contribution < 1.29 is 14.3 Å². The first kappa shape index (κ1) is 21.1. The van der Waals surface area contributed by atoms with Crippen molar-refractivity contribution in [3.8, 4) is 5.69 Å². The average molecular weight is 431 g/mol. The number of carbonyl (C=O) groups excluding carboxylic acids is 2. The number of para-hydroxylation sites is 1. The number of methoxy groups -OCH3 is 1. The molecule has 0 unspecified atom stereocenters. The summed E-state index contributed by atoms with van der Waals surface area (Å²) in [5.74, 6) is 0.232. The summed E-state index contributed by atoms with van der Waals surface area (Å²) in [6.07, 6.45) is 0.691. The number of carbonyl (C=O) groups is 2. The van der Waals surface area contributed by atoms with Gasteiger partial charge in [0.25, 0.3) is 0 Å². The smallest absolute Gasteiger partial charge is 0.341 e. The van der Waals surface area contributed by atoms with E-state index in [1.807, 2.05) is 55.7 Å². The molecule has 2 aromatic heterocycles. The van der Waals surface area contributed by atoms with Crippen molar-refractivity contribution in [3.05, 3.63) is 52.2 Å². The molecule has 1 N–H and O–H groups in total. The molecule has 1 amide bonds. The molecule has 0 atom stereocenters.